The Bertz CT molecular complexity index is 1010. The topological polar surface area (TPSA) is 102 Å². The molecular weight excluding hydrogens is 400 g/mol. The summed E-state index contributed by atoms with van der Waals surface area (Å²) in [4.78, 5) is 24.2. The highest BCUT2D eigenvalue weighted by atomic mass is 32.2. The molecule has 0 bridgehead atoms. The lowest BCUT2D eigenvalue weighted by Gasteiger charge is -2.05. The minimum absolute atomic E-state index is 0.162. The van der Waals surface area contributed by atoms with Crippen LogP contribution in [0, 0.1) is 0 Å². The zero-order valence-electron chi connectivity index (χ0n) is 14.4. The van der Waals surface area contributed by atoms with Crippen molar-refractivity contribution in [2.24, 2.45) is 0 Å². The lowest BCUT2D eigenvalue weighted by atomic mass is 10.2. The molecule has 0 radical (unpaired) electrons. The highest BCUT2D eigenvalue weighted by Gasteiger charge is 2.15. The van der Waals surface area contributed by atoms with Crippen molar-refractivity contribution in [3.05, 3.63) is 54.1 Å². The number of carbonyl (C=O) groups excluding carboxylic acids is 2. The predicted molar refractivity (Wildman–Crippen MR) is 106 cm³/mol. The second kappa shape index (κ2) is 8.28. The van der Waals surface area contributed by atoms with Crippen LogP contribution in [0.3, 0.4) is 0 Å². The van der Waals surface area contributed by atoms with Crippen molar-refractivity contribution < 1.29 is 19.1 Å². The lowest BCUT2D eigenvalue weighted by Crippen LogP contribution is -2.13. The van der Waals surface area contributed by atoms with Crippen molar-refractivity contribution in [2.45, 2.75) is 4.34 Å². The van der Waals surface area contributed by atoms with E-state index in [9.17, 15) is 9.59 Å². The van der Waals surface area contributed by atoms with Crippen molar-refractivity contribution in [2.75, 3.05) is 23.2 Å². The Morgan fingerprint density at radius 1 is 1.04 bits per heavy atom. The molecule has 0 fully saturated rings. The van der Waals surface area contributed by atoms with Gasteiger partial charge in [0.05, 0.1) is 5.75 Å². The summed E-state index contributed by atoms with van der Waals surface area (Å²) >= 11 is 2.46. The number of nitrogens with one attached hydrogen (secondary N) is 2. The van der Waals surface area contributed by atoms with E-state index in [1.807, 2.05) is 6.07 Å². The van der Waals surface area contributed by atoms with Crippen LogP contribution in [0.1, 0.15) is 10.4 Å². The highest BCUT2D eigenvalue weighted by molar-refractivity contribution is 8.01. The Labute approximate surface area is 168 Å². The quantitative estimate of drug-likeness (QED) is 0.471. The molecule has 4 rings (SSSR count). The van der Waals surface area contributed by atoms with Crippen LogP contribution >= 0.6 is 23.1 Å². The fourth-order valence-electron chi connectivity index (χ4n) is 2.38. The summed E-state index contributed by atoms with van der Waals surface area (Å²) in [6, 6.07) is 14.1. The molecule has 0 unspecified atom stereocenters. The van der Waals surface area contributed by atoms with Crippen molar-refractivity contribution in [1.82, 2.24) is 10.2 Å². The summed E-state index contributed by atoms with van der Waals surface area (Å²) < 4.78 is 11.1. The molecule has 2 heterocycles. The zero-order valence-corrected chi connectivity index (χ0v) is 16.0. The number of aromatic nitrogens is 2. The molecular formula is C18H14N4O4S2. The number of ether oxygens (including phenoxy) is 2. The van der Waals surface area contributed by atoms with Gasteiger partial charge in [-0.25, -0.2) is 0 Å². The molecule has 2 amide bonds. The van der Waals surface area contributed by atoms with Crippen LogP contribution < -0.4 is 20.1 Å². The number of thioether (sulfide) groups is 1. The highest BCUT2D eigenvalue weighted by Crippen LogP contribution is 2.34. The molecule has 0 aliphatic carbocycles. The van der Waals surface area contributed by atoms with Crippen LogP contribution in [0.2, 0.25) is 0 Å². The third-order valence-electron chi connectivity index (χ3n) is 3.65. The van der Waals surface area contributed by atoms with Crippen molar-refractivity contribution in [1.29, 1.82) is 0 Å². The number of hydrogen-bond acceptors (Lipinski definition) is 8. The van der Waals surface area contributed by atoms with Gasteiger partial charge in [0.25, 0.3) is 5.91 Å². The van der Waals surface area contributed by atoms with Gasteiger partial charge in [-0.2, -0.15) is 0 Å². The van der Waals surface area contributed by atoms with Gasteiger partial charge < -0.3 is 14.8 Å². The number of hydrogen-bond donors (Lipinski definition) is 2. The van der Waals surface area contributed by atoms with E-state index in [1.165, 1.54) is 23.1 Å². The van der Waals surface area contributed by atoms with E-state index in [4.69, 9.17) is 9.47 Å². The molecule has 1 aromatic heterocycles. The number of benzene rings is 2. The smallest absolute Gasteiger partial charge is 0.257 e. The lowest BCUT2D eigenvalue weighted by molar-refractivity contribution is -0.113. The van der Waals surface area contributed by atoms with Crippen LogP contribution in [-0.2, 0) is 4.79 Å². The molecule has 0 spiro atoms. The molecule has 142 valence electrons. The van der Waals surface area contributed by atoms with Gasteiger partial charge in [0.15, 0.2) is 15.8 Å². The number of fused-ring (bicyclic) bond motifs is 1. The van der Waals surface area contributed by atoms with Gasteiger partial charge in [0, 0.05) is 17.3 Å². The maximum Gasteiger partial charge on any atom is 0.257 e. The summed E-state index contributed by atoms with van der Waals surface area (Å²) in [5, 5.41) is 13.8. The largest absolute Gasteiger partial charge is 0.454 e. The SMILES string of the molecule is O=C(CSc1nnc(NC(=O)c2ccccc2)s1)Nc1ccc2c(c1)OCO2. The molecule has 10 heteroatoms. The standard InChI is InChI=1S/C18H14N4O4S2/c23-15(19-12-6-7-13-14(8-12)26-10-25-13)9-27-18-22-21-17(28-18)20-16(24)11-4-2-1-3-5-11/h1-8H,9-10H2,(H,19,23)(H,20,21,24). The van der Waals surface area contributed by atoms with Crippen LogP contribution in [-0.4, -0.2) is 34.6 Å². The number of anilines is 2. The number of nitrogens with zero attached hydrogens (tertiary/aromatic N) is 2. The van der Waals surface area contributed by atoms with Gasteiger partial charge >= 0.3 is 0 Å². The molecule has 28 heavy (non-hydrogen) atoms. The normalized spacial score (nSPS) is 11.9. The molecule has 0 saturated carbocycles. The Hall–Kier alpha value is -3.11. The summed E-state index contributed by atoms with van der Waals surface area (Å²) in [5.74, 6) is 0.984. The monoisotopic (exact) mass is 414 g/mol. The van der Waals surface area contributed by atoms with Gasteiger partial charge in [0.1, 0.15) is 0 Å². The van der Waals surface area contributed by atoms with E-state index in [1.54, 1.807) is 42.5 Å². The summed E-state index contributed by atoms with van der Waals surface area (Å²) in [5.41, 5.74) is 1.16. The van der Waals surface area contributed by atoms with Gasteiger partial charge in [-0.05, 0) is 24.3 Å². The van der Waals surface area contributed by atoms with Gasteiger partial charge in [-0.1, -0.05) is 41.3 Å². The summed E-state index contributed by atoms with van der Waals surface area (Å²) in [7, 11) is 0. The molecule has 2 aromatic carbocycles. The second-order valence-electron chi connectivity index (χ2n) is 5.60. The number of carbonyl (C=O) groups is 2. The fourth-order valence-corrected chi connectivity index (χ4v) is 3.92. The van der Waals surface area contributed by atoms with Crippen LogP contribution in [0.25, 0.3) is 0 Å². The summed E-state index contributed by atoms with van der Waals surface area (Å²) in [6.07, 6.45) is 0. The minimum Gasteiger partial charge on any atom is -0.454 e. The third kappa shape index (κ3) is 4.41. The maximum atomic E-state index is 12.1. The maximum absolute atomic E-state index is 12.1. The predicted octanol–water partition coefficient (Wildman–Crippen LogP) is 3.25. The van der Waals surface area contributed by atoms with E-state index in [-0.39, 0.29) is 24.4 Å². The molecule has 0 saturated heterocycles. The van der Waals surface area contributed by atoms with Gasteiger partial charge in [-0.15, -0.1) is 10.2 Å². The molecule has 2 N–H and O–H groups in total. The average Bonchev–Trinajstić information content (AvgIpc) is 3.36. The number of amides is 2. The van der Waals surface area contributed by atoms with Crippen molar-refractivity contribution in [3.63, 3.8) is 0 Å². The minimum atomic E-state index is -0.256. The van der Waals surface area contributed by atoms with Crippen LogP contribution in [0.4, 0.5) is 10.8 Å². The van der Waals surface area contributed by atoms with E-state index >= 15 is 0 Å². The Kier molecular flexibility index (Phi) is 5.40. The molecule has 3 aromatic rings. The zero-order chi connectivity index (χ0) is 19.3. The van der Waals surface area contributed by atoms with Crippen molar-refractivity contribution >= 4 is 45.7 Å². The average molecular weight is 414 g/mol. The van der Waals surface area contributed by atoms with Gasteiger partial charge in [0.2, 0.25) is 17.8 Å². The van der Waals surface area contributed by atoms with E-state index in [0.29, 0.717) is 32.2 Å². The van der Waals surface area contributed by atoms with Crippen LogP contribution in [0.15, 0.2) is 52.9 Å². The van der Waals surface area contributed by atoms with Crippen LogP contribution in [0.5, 0.6) is 11.5 Å². The Morgan fingerprint density at radius 2 is 1.86 bits per heavy atom. The first-order chi connectivity index (χ1) is 13.7. The molecule has 1 aliphatic heterocycles. The summed E-state index contributed by atoms with van der Waals surface area (Å²) in [6.45, 7) is 0.183. The first kappa shape index (κ1) is 18.3. The molecule has 0 atom stereocenters. The molecule has 1 aliphatic rings. The first-order valence-electron chi connectivity index (χ1n) is 8.19. The number of rotatable bonds is 6. The first-order valence-corrected chi connectivity index (χ1v) is 10.00. The Balaban J connectivity index is 1.28. The van der Waals surface area contributed by atoms with Gasteiger partial charge in [-0.3, -0.25) is 14.9 Å². The second-order valence-corrected chi connectivity index (χ2v) is 7.80. The van der Waals surface area contributed by atoms with Crippen molar-refractivity contribution in [3.8, 4) is 11.5 Å². The van der Waals surface area contributed by atoms with E-state index in [0.717, 1.165) is 0 Å². The van der Waals surface area contributed by atoms with E-state index in [2.05, 4.69) is 20.8 Å². The molecule has 8 nitrogen and oxygen atoms in total. The Morgan fingerprint density at radius 3 is 2.71 bits per heavy atom. The van der Waals surface area contributed by atoms with E-state index < -0.39 is 0 Å². The third-order valence-corrected chi connectivity index (χ3v) is 5.62. The fraction of sp³-hybridized carbons (Fsp3) is 0.111.